The molecule has 2 amide bonds. The van der Waals surface area contributed by atoms with E-state index in [2.05, 4.69) is 65.2 Å². The van der Waals surface area contributed by atoms with Crippen molar-refractivity contribution in [1.29, 1.82) is 0 Å². The van der Waals surface area contributed by atoms with Crippen molar-refractivity contribution in [2.45, 2.75) is 197 Å². The Morgan fingerprint density at radius 2 is 0.765 bits per heavy atom. The Morgan fingerprint density at radius 3 is 0.941 bits per heavy atom. The Hall–Kier alpha value is -1.10. The largest absolute Gasteiger partial charge is 2.00 e. The van der Waals surface area contributed by atoms with E-state index in [-0.39, 0.29) is 54.7 Å². The molecule has 51 heavy (non-hydrogen) atoms. The quantitative estimate of drug-likeness (QED) is 0.0649. The number of unbranched alkanes of at least 4 members (excludes halogenated alkanes) is 4. The van der Waals surface area contributed by atoms with Gasteiger partial charge >= 0.3 is 19.5 Å². The molecular weight excluding hydrogens is 686 g/mol. The summed E-state index contributed by atoms with van der Waals surface area (Å²) in [5, 5.41) is 0. The summed E-state index contributed by atoms with van der Waals surface area (Å²) in [7, 11) is 0. The number of nitrogens with zero attached hydrogens (tertiary/aromatic N) is 2. The zero-order chi connectivity index (χ0) is 37.3. The Morgan fingerprint density at radius 1 is 0.510 bits per heavy atom. The summed E-state index contributed by atoms with van der Waals surface area (Å²) >= 11 is 0. The number of hydrogen-bond acceptors (Lipinski definition) is 4. The van der Waals surface area contributed by atoms with Gasteiger partial charge in [0.05, 0.1) is 11.8 Å². The molecule has 2 rings (SSSR count). The van der Waals surface area contributed by atoms with Crippen molar-refractivity contribution in [3.63, 3.8) is 0 Å². The van der Waals surface area contributed by atoms with Gasteiger partial charge in [0.2, 0.25) is 11.8 Å². The van der Waals surface area contributed by atoms with Crippen LogP contribution < -0.4 is 0 Å². The molecular formula is C44H82N2O4Zn+2. The fourth-order valence-electron chi connectivity index (χ4n) is 8.02. The van der Waals surface area contributed by atoms with Gasteiger partial charge in [-0.25, -0.2) is 0 Å². The standard InChI is InChI=1S/2C22H41NO2.Zn/c2*1-5-9-12-18(7-3)16-23(17-19(8-4)13-10-6-2)22(25)20-14-11-15-21(20)24;/h2*18-20H,5-17H2,1-4H3;/q;;+2. The molecule has 0 radical (unpaired) electrons. The molecule has 292 valence electrons. The van der Waals surface area contributed by atoms with Crippen LogP contribution >= 0.6 is 0 Å². The van der Waals surface area contributed by atoms with E-state index < -0.39 is 0 Å². The zero-order valence-corrected chi connectivity index (χ0v) is 38.1. The molecule has 2 saturated carbocycles. The second-order valence-corrected chi connectivity index (χ2v) is 16.0. The van der Waals surface area contributed by atoms with Gasteiger partial charge in [0.15, 0.2) is 0 Å². The van der Waals surface area contributed by atoms with Gasteiger partial charge in [0.25, 0.3) is 0 Å². The van der Waals surface area contributed by atoms with Crippen LogP contribution in [-0.2, 0) is 38.7 Å². The second kappa shape index (κ2) is 30.3. The molecule has 0 aromatic heterocycles. The fourth-order valence-corrected chi connectivity index (χ4v) is 8.02. The summed E-state index contributed by atoms with van der Waals surface area (Å²) in [6.07, 6.45) is 23.5. The fraction of sp³-hybridized carbons (Fsp3) is 0.909. The van der Waals surface area contributed by atoms with Crippen molar-refractivity contribution in [1.82, 2.24) is 9.80 Å². The van der Waals surface area contributed by atoms with Crippen molar-refractivity contribution in [3.8, 4) is 0 Å². The van der Waals surface area contributed by atoms with E-state index in [9.17, 15) is 19.2 Å². The minimum absolute atomic E-state index is 0. The van der Waals surface area contributed by atoms with E-state index in [1.54, 1.807) is 0 Å². The number of hydrogen-bond donors (Lipinski definition) is 0. The molecule has 0 N–H and O–H groups in total. The van der Waals surface area contributed by atoms with Crippen LogP contribution in [0.15, 0.2) is 0 Å². The first-order chi connectivity index (χ1) is 24.1. The number of carbonyl (C=O) groups excluding carboxylic acids is 4. The number of rotatable bonds is 26. The van der Waals surface area contributed by atoms with Gasteiger partial charge in [0.1, 0.15) is 11.6 Å². The monoisotopic (exact) mass is 767 g/mol. The smallest absolute Gasteiger partial charge is 0.342 e. The second-order valence-electron chi connectivity index (χ2n) is 16.0. The molecule has 0 heterocycles. The van der Waals surface area contributed by atoms with Crippen molar-refractivity contribution < 1.29 is 38.7 Å². The van der Waals surface area contributed by atoms with Crippen molar-refractivity contribution >= 4 is 23.4 Å². The summed E-state index contributed by atoms with van der Waals surface area (Å²) < 4.78 is 0. The first-order valence-electron chi connectivity index (χ1n) is 21.8. The third kappa shape index (κ3) is 19.2. The molecule has 6 atom stereocenters. The van der Waals surface area contributed by atoms with Gasteiger partial charge in [-0.05, 0) is 75.0 Å². The van der Waals surface area contributed by atoms with E-state index in [0.717, 1.165) is 77.5 Å². The third-order valence-electron chi connectivity index (χ3n) is 11.9. The normalized spacial score (nSPS) is 19.5. The minimum atomic E-state index is -0.340. The molecule has 0 aliphatic heterocycles. The molecule has 0 bridgehead atoms. The average molecular weight is 769 g/mol. The van der Waals surface area contributed by atoms with Crippen LogP contribution in [0.1, 0.15) is 197 Å². The van der Waals surface area contributed by atoms with E-state index in [1.807, 2.05) is 0 Å². The Labute approximate surface area is 328 Å². The Bertz CT molecular complexity index is 832. The summed E-state index contributed by atoms with van der Waals surface area (Å²) in [6, 6.07) is 0. The van der Waals surface area contributed by atoms with Crippen LogP contribution in [0.3, 0.4) is 0 Å². The SMILES string of the molecule is CCCCC(CC)CN(CC(CC)CCCC)C(=O)C1CCCC1=O.CCCCC(CC)CN(CC(CC)CCCC)C(=O)C1CCCC1=O.[Zn+2]. The van der Waals surface area contributed by atoms with Crippen molar-refractivity contribution in [2.24, 2.45) is 35.5 Å². The van der Waals surface area contributed by atoms with Gasteiger partial charge in [-0.3, -0.25) is 19.2 Å². The predicted molar refractivity (Wildman–Crippen MR) is 211 cm³/mol. The zero-order valence-electron chi connectivity index (χ0n) is 35.1. The summed E-state index contributed by atoms with van der Waals surface area (Å²) in [5.74, 6) is 2.23. The van der Waals surface area contributed by atoms with Crippen LogP contribution in [0.25, 0.3) is 0 Å². The van der Waals surface area contributed by atoms with E-state index in [0.29, 0.717) is 36.5 Å². The topological polar surface area (TPSA) is 74.8 Å². The van der Waals surface area contributed by atoms with E-state index in [1.165, 1.54) is 77.0 Å². The summed E-state index contributed by atoms with van der Waals surface area (Å²) in [4.78, 5) is 54.6. The first-order valence-corrected chi connectivity index (χ1v) is 21.8. The molecule has 0 saturated heterocycles. The number of Topliss-reactive ketones (excluding diaryl/α,β-unsaturated/α-hetero) is 2. The molecule has 6 unspecified atom stereocenters. The molecule has 2 aliphatic rings. The van der Waals surface area contributed by atoms with Crippen LogP contribution in [0.4, 0.5) is 0 Å². The average Bonchev–Trinajstić information content (AvgIpc) is 3.77. The van der Waals surface area contributed by atoms with Crippen LogP contribution in [-0.4, -0.2) is 59.4 Å². The maximum absolute atomic E-state index is 13.1. The molecule has 0 aromatic rings. The summed E-state index contributed by atoms with van der Waals surface area (Å²) in [5.41, 5.74) is 0. The Balaban J connectivity index is 0.000000962. The molecule has 0 spiro atoms. The molecule has 0 aromatic carbocycles. The van der Waals surface area contributed by atoms with Crippen LogP contribution in [0.5, 0.6) is 0 Å². The molecule has 7 heteroatoms. The van der Waals surface area contributed by atoms with Gasteiger partial charge in [-0.1, -0.05) is 132 Å². The first kappa shape index (κ1) is 49.9. The van der Waals surface area contributed by atoms with Gasteiger partial charge in [-0.15, -0.1) is 0 Å². The van der Waals surface area contributed by atoms with Crippen molar-refractivity contribution in [3.05, 3.63) is 0 Å². The number of carbonyl (C=O) groups is 4. The van der Waals surface area contributed by atoms with Gasteiger partial charge in [-0.2, -0.15) is 0 Å². The third-order valence-corrected chi connectivity index (χ3v) is 11.9. The molecule has 2 fully saturated rings. The van der Waals surface area contributed by atoms with E-state index >= 15 is 0 Å². The summed E-state index contributed by atoms with van der Waals surface area (Å²) in [6.45, 7) is 21.2. The van der Waals surface area contributed by atoms with Gasteiger partial charge in [0, 0.05) is 39.0 Å². The molecule has 2 aliphatic carbocycles. The Kier molecular flexibility index (Phi) is 29.6. The predicted octanol–water partition coefficient (Wildman–Crippen LogP) is 11.2. The van der Waals surface area contributed by atoms with Crippen LogP contribution in [0, 0.1) is 35.5 Å². The van der Waals surface area contributed by atoms with Crippen molar-refractivity contribution in [2.75, 3.05) is 26.2 Å². The minimum Gasteiger partial charge on any atom is -0.342 e. The maximum atomic E-state index is 13.1. The maximum Gasteiger partial charge on any atom is 2.00 e. The molecule has 6 nitrogen and oxygen atoms in total. The van der Waals surface area contributed by atoms with E-state index in [4.69, 9.17) is 0 Å². The van der Waals surface area contributed by atoms with Crippen LogP contribution in [0.2, 0.25) is 0 Å². The van der Waals surface area contributed by atoms with Gasteiger partial charge < -0.3 is 9.80 Å². The number of ketones is 2. The number of amides is 2.